The number of carbonyl (C=O) groups is 3. The first-order chi connectivity index (χ1) is 15.0. The molecular formula is C25H28N2O4. The van der Waals surface area contributed by atoms with E-state index in [1.54, 1.807) is 34.1 Å². The summed E-state index contributed by atoms with van der Waals surface area (Å²) in [6.45, 7) is 5.31. The first kappa shape index (κ1) is 21.1. The highest BCUT2D eigenvalue weighted by Crippen LogP contribution is 2.34. The van der Waals surface area contributed by atoms with E-state index in [1.807, 2.05) is 18.2 Å². The average Bonchev–Trinajstić information content (AvgIpc) is 3.39. The molecule has 162 valence electrons. The maximum atomic E-state index is 12.7. The van der Waals surface area contributed by atoms with Gasteiger partial charge >= 0.3 is 5.97 Å². The van der Waals surface area contributed by atoms with E-state index >= 15 is 0 Å². The van der Waals surface area contributed by atoms with Gasteiger partial charge in [-0.25, -0.2) is 0 Å². The van der Waals surface area contributed by atoms with Crippen molar-refractivity contribution in [1.82, 2.24) is 0 Å². The normalized spacial score (nSPS) is 19.7. The van der Waals surface area contributed by atoms with Crippen molar-refractivity contribution in [3.05, 3.63) is 54.1 Å². The summed E-state index contributed by atoms with van der Waals surface area (Å²) in [4.78, 5) is 40.8. The van der Waals surface area contributed by atoms with Gasteiger partial charge in [0, 0.05) is 37.3 Å². The Kier molecular flexibility index (Phi) is 6.07. The Morgan fingerprint density at radius 3 is 2.48 bits per heavy atom. The number of esters is 1. The third kappa shape index (κ3) is 4.33. The van der Waals surface area contributed by atoms with Gasteiger partial charge in [0.05, 0.1) is 5.92 Å². The minimum absolute atomic E-state index is 0.0550. The zero-order valence-electron chi connectivity index (χ0n) is 18.0. The van der Waals surface area contributed by atoms with Gasteiger partial charge in [0.1, 0.15) is 5.75 Å². The molecule has 4 rings (SSSR count). The zero-order chi connectivity index (χ0) is 22.0. The van der Waals surface area contributed by atoms with Crippen molar-refractivity contribution in [2.24, 2.45) is 5.92 Å². The van der Waals surface area contributed by atoms with Crippen LogP contribution in [0.4, 0.5) is 11.4 Å². The van der Waals surface area contributed by atoms with Gasteiger partial charge in [-0.3, -0.25) is 14.4 Å². The molecule has 31 heavy (non-hydrogen) atoms. The molecular weight excluding hydrogens is 392 g/mol. The van der Waals surface area contributed by atoms with E-state index < -0.39 is 11.9 Å². The molecule has 2 heterocycles. The summed E-state index contributed by atoms with van der Waals surface area (Å²) >= 11 is 0. The monoisotopic (exact) mass is 420 g/mol. The number of benzene rings is 2. The van der Waals surface area contributed by atoms with Gasteiger partial charge < -0.3 is 14.5 Å². The second-order valence-electron chi connectivity index (χ2n) is 8.34. The van der Waals surface area contributed by atoms with Crippen molar-refractivity contribution >= 4 is 29.2 Å². The van der Waals surface area contributed by atoms with Gasteiger partial charge in [0.2, 0.25) is 11.8 Å². The van der Waals surface area contributed by atoms with E-state index in [1.165, 1.54) is 0 Å². The predicted molar refractivity (Wildman–Crippen MR) is 119 cm³/mol. The quantitative estimate of drug-likeness (QED) is 0.517. The lowest BCUT2D eigenvalue weighted by molar-refractivity contribution is -0.139. The molecule has 2 aliphatic rings. The number of carbonyl (C=O) groups excluding carboxylic acids is 3. The lowest BCUT2D eigenvalue weighted by Crippen LogP contribution is -2.28. The molecule has 2 saturated heterocycles. The van der Waals surface area contributed by atoms with Crippen LogP contribution in [0.5, 0.6) is 5.75 Å². The van der Waals surface area contributed by atoms with Gasteiger partial charge in [-0.15, -0.1) is 0 Å². The number of amides is 2. The van der Waals surface area contributed by atoms with Gasteiger partial charge in [-0.05, 0) is 54.7 Å². The Labute approximate surface area is 182 Å². The summed E-state index contributed by atoms with van der Waals surface area (Å²) in [7, 11) is 0. The minimum atomic E-state index is -0.502. The molecule has 6 heteroatoms. The summed E-state index contributed by atoms with van der Waals surface area (Å²) in [6, 6.07) is 14.9. The van der Waals surface area contributed by atoms with Gasteiger partial charge in [-0.1, -0.05) is 32.0 Å². The molecule has 2 aliphatic heterocycles. The molecule has 2 aromatic rings. The third-order valence-electron chi connectivity index (χ3n) is 6.27. The van der Waals surface area contributed by atoms with Crippen molar-refractivity contribution in [2.45, 2.75) is 45.4 Å². The Morgan fingerprint density at radius 2 is 1.81 bits per heavy atom. The lowest BCUT2D eigenvalue weighted by atomic mass is 9.96. The molecule has 0 N–H and O–H groups in total. The summed E-state index contributed by atoms with van der Waals surface area (Å²) < 4.78 is 5.55. The second kappa shape index (κ2) is 8.92. The number of rotatable bonds is 6. The van der Waals surface area contributed by atoms with Crippen LogP contribution in [0.25, 0.3) is 0 Å². The van der Waals surface area contributed by atoms with E-state index in [0.717, 1.165) is 36.3 Å². The van der Waals surface area contributed by atoms with Crippen LogP contribution in [0.2, 0.25) is 0 Å². The van der Waals surface area contributed by atoms with Crippen LogP contribution in [0, 0.1) is 5.92 Å². The van der Waals surface area contributed by atoms with Crippen molar-refractivity contribution in [1.29, 1.82) is 0 Å². The Morgan fingerprint density at radius 1 is 1.06 bits per heavy atom. The van der Waals surface area contributed by atoms with E-state index in [0.29, 0.717) is 24.6 Å². The Hall–Kier alpha value is -3.15. The highest BCUT2D eigenvalue weighted by Gasteiger charge is 2.37. The van der Waals surface area contributed by atoms with Crippen molar-refractivity contribution in [3.63, 3.8) is 0 Å². The number of hydrogen-bond donors (Lipinski definition) is 0. The Balaban J connectivity index is 1.43. The van der Waals surface area contributed by atoms with Crippen LogP contribution >= 0.6 is 0 Å². The molecule has 2 fully saturated rings. The largest absolute Gasteiger partial charge is 0.426 e. The maximum absolute atomic E-state index is 12.7. The molecule has 0 radical (unpaired) electrons. The van der Waals surface area contributed by atoms with Crippen LogP contribution < -0.4 is 14.5 Å². The standard InChI is InChI=1S/C25H28N2O4/c1-3-17(2)21-7-4-5-8-22(21)27-16-18(15-24(27)29)25(30)31-20-12-10-19(11-13-20)26-14-6-9-23(26)28/h4-5,7-8,10-13,17-18H,3,6,9,14-16H2,1-2H3. The second-order valence-corrected chi connectivity index (χ2v) is 8.34. The summed E-state index contributed by atoms with van der Waals surface area (Å²) in [6.07, 6.45) is 2.56. The fraction of sp³-hybridized carbons (Fsp3) is 0.400. The minimum Gasteiger partial charge on any atom is -0.426 e. The van der Waals surface area contributed by atoms with E-state index in [2.05, 4.69) is 19.9 Å². The van der Waals surface area contributed by atoms with Gasteiger partial charge in [0.15, 0.2) is 0 Å². The summed E-state index contributed by atoms with van der Waals surface area (Å²) in [5.41, 5.74) is 2.82. The molecule has 0 spiro atoms. The molecule has 0 aromatic heterocycles. The van der Waals surface area contributed by atoms with Crippen LogP contribution in [0.3, 0.4) is 0 Å². The molecule has 0 bridgehead atoms. The number of anilines is 2. The molecule has 2 aromatic carbocycles. The van der Waals surface area contributed by atoms with Gasteiger partial charge in [-0.2, -0.15) is 0 Å². The van der Waals surface area contributed by atoms with E-state index in [4.69, 9.17) is 4.74 Å². The van der Waals surface area contributed by atoms with Crippen LogP contribution in [-0.2, 0) is 14.4 Å². The molecule has 0 saturated carbocycles. The SMILES string of the molecule is CCC(C)c1ccccc1N1CC(C(=O)Oc2ccc(N3CCCC3=O)cc2)CC1=O. The fourth-order valence-electron chi connectivity index (χ4n) is 4.28. The summed E-state index contributed by atoms with van der Waals surface area (Å²) in [5, 5.41) is 0. The molecule has 2 atom stereocenters. The number of hydrogen-bond acceptors (Lipinski definition) is 4. The van der Waals surface area contributed by atoms with Crippen LogP contribution in [0.15, 0.2) is 48.5 Å². The van der Waals surface area contributed by atoms with Crippen LogP contribution in [-0.4, -0.2) is 30.9 Å². The smallest absolute Gasteiger partial charge is 0.316 e. The van der Waals surface area contributed by atoms with Crippen molar-refractivity contribution in [3.8, 4) is 5.75 Å². The molecule has 0 aliphatic carbocycles. The Bertz CT molecular complexity index is 985. The van der Waals surface area contributed by atoms with E-state index in [-0.39, 0.29) is 18.2 Å². The first-order valence-electron chi connectivity index (χ1n) is 11.0. The maximum Gasteiger partial charge on any atom is 0.316 e. The van der Waals surface area contributed by atoms with Crippen LogP contribution in [0.1, 0.15) is 51.0 Å². The molecule has 2 amide bonds. The van der Waals surface area contributed by atoms with Gasteiger partial charge in [0.25, 0.3) is 0 Å². The predicted octanol–water partition coefficient (Wildman–Crippen LogP) is 4.29. The average molecular weight is 421 g/mol. The summed E-state index contributed by atoms with van der Waals surface area (Å²) in [5.74, 6) is -0.0888. The fourth-order valence-corrected chi connectivity index (χ4v) is 4.28. The first-order valence-corrected chi connectivity index (χ1v) is 11.0. The zero-order valence-corrected chi connectivity index (χ0v) is 18.0. The molecule has 6 nitrogen and oxygen atoms in total. The highest BCUT2D eigenvalue weighted by atomic mass is 16.5. The number of ether oxygens (including phenoxy) is 1. The van der Waals surface area contributed by atoms with Crippen molar-refractivity contribution in [2.75, 3.05) is 22.9 Å². The molecule has 2 unspecified atom stereocenters. The topological polar surface area (TPSA) is 66.9 Å². The number of para-hydroxylation sites is 1. The van der Waals surface area contributed by atoms with E-state index in [9.17, 15) is 14.4 Å². The lowest BCUT2D eigenvalue weighted by Gasteiger charge is -2.23. The van der Waals surface area contributed by atoms with Crippen molar-refractivity contribution < 1.29 is 19.1 Å². The third-order valence-corrected chi connectivity index (χ3v) is 6.27. The highest BCUT2D eigenvalue weighted by molar-refractivity contribution is 6.00. The number of nitrogens with zero attached hydrogens (tertiary/aromatic N) is 2.